The molecule has 1 saturated heterocycles. The van der Waals surface area contributed by atoms with Crippen molar-refractivity contribution in [2.75, 3.05) is 18.0 Å². The fourth-order valence-electron chi connectivity index (χ4n) is 1.94. The number of benzene rings is 1. The SMILES string of the molecule is N#Cc1c(F)c(Br)cc(Cl)c1N1CCCC1. The highest BCUT2D eigenvalue weighted by molar-refractivity contribution is 9.10. The molecule has 0 radical (unpaired) electrons. The summed E-state index contributed by atoms with van der Waals surface area (Å²) in [5.74, 6) is -0.534. The van der Waals surface area contributed by atoms with Crippen LogP contribution in [0.25, 0.3) is 0 Å². The van der Waals surface area contributed by atoms with Gasteiger partial charge < -0.3 is 4.90 Å². The summed E-state index contributed by atoms with van der Waals surface area (Å²) >= 11 is 9.13. The van der Waals surface area contributed by atoms with Crippen molar-refractivity contribution in [2.45, 2.75) is 12.8 Å². The standard InChI is InChI=1S/C11H9BrClFN2/c12-8-5-9(13)11(7(6-15)10(8)14)16-3-1-2-4-16/h5H,1-4H2. The van der Waals surface area contributed by atoms with Crippen LogP contribution in [0.4, 0.5) is 10.1 Å². The lowest BCUT2D eigenvalue weighted by molar-refractivity contribution is 0.616. The fourth-order valence-corrected chi connectivity index (χ4v) is 2.82. The molecule has 1 aliphatic heterocycles. The molecule has 16 heavy (non-hydrogen) atoms. The largest absolute Gasteiger partial charge is 0.369 e. The molecule has 0 bridgehead atoms. The van der Waals surface area contributed by atoms with Crippen molar-refractivity contribution in [2.24, 2.45) is 0 Å². The molecule has 1 aromatic carbocycles. The van der Waals surface area contributed by atoms with Crippen LogP contribution in [0.15, 0.2) is 10.5 Å². The molecule has 0 spiro atoms. The van der Waals surface area contributed by atoms with Crippen LogP contribution >= 0.6 is 27.5 Å². The molecule has 84 valence electrons. The van der Waals surface area contributed by atoms with Gasteiger partial charge in [-0.15, -0.1) is 0 Å². The second-order valence-corrected chi connectivity index (χ2v) is 4.95. The molecule has 0 amide bonds. The Balaban J connectivity index is 2.59. The predicted molar refractivity (Wildman–Crippen MR) is 65.3 cm³/mol. The van der Waals surface area contributed by atoms with Gasteiger partial charge in [0.1, 0.15) is 11.6 Å². The van der Waals surface area contributed by atoms with E-state index in [1.165, 1.54) is 6.07 Å². The summed E-state index contributed by atoms with van der Waals surface area (Å²) in [5, 5.41) is 9.44. The maximum Gasteiger partial charge on any atom is 0.157 e. The summed E-state index contributed by atoms with van der Waals surface area (Å²) in [6.45, 7) is 1.66. The lowest BCUT2D eigenvalue weighted by Crippen LogP contribution is -2.20. The zero-order valence-corrected chi connectivity index (χ0v) is 10.8. The average Bonchev–Trinajstić information content (AvgIpc) is 2.76. The lowest BCUT2D eigenvalue weighted by Gasteiger charge is -2.21. The molecule has 1 fully saturated rings. The third-order valence-electron chi connectivity index (χ3n) is 2.68. The first kappa shape index (κ1) is 11.7. The van der Waals surface area contributed by atoms with Crippen LogP contribution in [0.2, 0.25) is 5.02 Å². The first-order chi connectivity index (χ1) is 7.65. The smallest absolute Gasteiger partial charge is 0.157 e. The van der Waals surface area contributed by atoms with Gasteiger partial charge in [-0.05, 0) is 34.8 Å². The maximum absolute atomic E-state index is 13.7. The van der Waals surface area contributed by atoms with Crippen LogP contribution in [-0.4, -0.2) is 13.1 Å². The zero-order chi connectivity index (χ0) is 11.7. The van der Waals surface area contributed by atoms with E-state index in [0.717, 1.165) is 25.9 Å². The van der Waals surface area contributed by atoms with Gasteiger partial charge in [0.05, 0.1) is 15.2 Å². The third kappa shape index (κ3) is 1.90. The normalized spacial score (nSPS) is 15.2. The summed E-state index contributed by atoms with van der Waals surface area (Å²) in [7, 11) is 0. The first-order valence-electron chi connectivity index (χ1n) is 4.97. The summed E-state index contributed by atoms with van der Waals surface area (Å²) < 4.78 is 14.0. The molecule has 2 nitrogen and oxygen atoms in total. The van der Waals surface area contributed by atoms with Crippen molar-refractivity contribution in [1.82, 2.24) is 0 Å². The second kappa shape index (κ2) is 4.60. The van der Waals surface area contributed by atoms with Crippen molar-refractivity contribution in [3.63, 3.8) is 0 Å². The van der Waals surface area contributed by atoms with Gasteiger partial charge in [0.25, 0.3) is 0 Å². The van der Waals surface area contributed by atoms with Gasteiger partial charge in [0.15, 0.2) is 5.82 Å². The molecule has 5 heteroatoms. The molecular weight excluding hydrogens is 294 g/mol. The number of hydrogen-bond acceptors (Lipinski definition) is 2. The highest BCUT2D eigenvalue weighted by atomic mass is 79.9. The Hall–Kier alpha value is -0.790. The number of anilines is 1. The van der Waals surface area contributed by atoms with Gasteiger partial charge in [-0.3, -0.25) is 0 Å². The van der Waals surface area contributed by atoms with Crippen LogP contribution in [0, 0.1) is 17.1 Å². The molecule has 1 aromatic rings. The maximum atomic E-state index is 13.7. The summed E-state index contributed by atoms with van der Waals surface area (Å²) in [6, 6.07) is 3.40. The van der Waals surface area contributed by atoms with E-state index >= 15 is 0 Å². The minimum Gasteiger partial charge on any atom is -0.369 e. The van der Waals surface area contributed by atoms with E-state index in [-0.39, 0.29) is 10.0 Å². The fraction of sp³-hybridized carbons (Fsp3) is 0.364. The highest BCUT2D eigenvalue weighted by Gasteiger charge is 2.23. The second-order valence-electron chi connectivity index (χ2n) is 3.68. The van der Waals surface area contributed by atoms with E-state index in [1.807, 2.05) is 11.0 Å². The van der Waals surface area contributed by atoms with Gasteiger partial charge in [0, 0.05) is 13.1 Å². The van der Waals surface area contributed by atoms with Crippen LogP contribution in [0.1, 0.15) is 18.4 Å². The Kier molecular flexibility index (Phi) is 3.36. The van der Waals surface area contributed by atoms with E-state index in [2.05, 4.69) is 15.9 Å². The van der Waals surface area contributed by atoms with Crippen LogP contribution in [0.5, 0.6) is 0 Å². The number of halogens is 3. The summed E-state index contributed by atoms with van der Waals surface area (Å²) in [4.78, 5) is 1.97. The topological polar surface area (TPSA) is 27.0 Å². The minimum absolute atomic E-state index is 0.0290. The van der Waals surface area contributed by atoms with Gasteiger partial charge in [-0.1, -0.05) is 11.6 Å². The third-order valence-corrected chi connectivity index (χ3v) is 3.54. The van der Waals surface area contributed by atoms with Gasteiger partial charge >= 0.3 is 0 Å². The highest BCUT2D eigenvalue weighted by Crippen LogP contribution is 2.37. The molecule has 0 N–H and O–H groups in total. The Bertz CT molecular complexity index is 464. The monoisotopic (exact) mass is 302 g/mol. The van der Waals surface area contributed by atoms with Crippen molar-refractivity contribution in [3.8, 4) is 6.07 Å². The zero-order valence-electron chi connectivity index (χ0n) is 8.43. The van der Waals surface area contributed by atoms with Gasteiger partial charge in [0.2, 0.25) is 0 Å². The van der Waals surface area contributed by atoms with Crippen molar-refractivity contribution in [1.29, 1.82) is 5.26 Å². The van der Waals surface area contributed by atoms with Crippen molar-refractivity contribution in [3.05, 3.63) is 26.9 Å². The van der Waals surface area contributed by atoms with Crippen molar-refractivity contribution < 1.29 is 4.39 Å². The minimum atomic E-state index is -0.534. The molecular formula is C11H9BrClFN2. The number of nitrogens with zero attached hydrogens (tertiary/aromatic N) is 2. The Labute approximate surface area is 107 Å². The predicted octanol–water partition coefficient (Wildman–Crippen LogP) is 3.71. The van der Waals surface area contributed by atoms with Gasteiger partial charge in [-0.2, -0.15) is 5.26 Å². The van der Waals surface area contributed by atoms with E-state index in [1.54, 1.807) is 0 Å². The summed E-state index contributed by atoms with van der Waals surface area (Å²) in [6.07, 6.45) is 2.11. The molecule has 0 saturated carbocycles. The average molecular weight is 304 g/mol. The number of rotatable bonds is 1. The Morgan fingerprint density at radius 3 is 2.62 bits per heavy atom. The molecule has 1 heterocycles. The molecule has 0 aliphatic carbocycles. The summed E-state index contributed by atoms with van der Waals surface area (Å²) in [5.41, 5.74) is 0.559. The first-order valence-corrected chi connectivity index (χ1v) is 6.14. The Morgan fingerprint density at radius 1 is 1.44 bits per heavy atom. The van der Waals surface area contributed by atoms with Crippen LogP contribution in [-0.2, 0) is 0 Å². The van der Waals surface area contributed by atoms with Crippen LogP contribution < -0.4 is 4.90 Å². The molecule has 0 atom stereocenters. The lowest BCUT2D eigenvalue weighted by atomic mass is 10.1. The van der Waals surface area contributed by atoms with E-state index in [0.29, 0.717) is 10.7 Å². The van der Waals surface area contributed by atoms with Gasteiger partial charge in [-0.25, -0.2) is 4.39 Å². The number of nitriles is 1. The Morgan fingerprint density at radius 2 is 2.06 bits per heavy atom. The van der Waals surface area contributed by atoms with Crippen LogP contribution in [0.3, 0.4) is 0 Å². The molecule has 2 rings (SSSR count). The van der Waals surface area contributed by atoms with E-state index in [4.69, 9.17) is 16.9 Å². The van der Waals surface area contributed by atoms with Crippen molar-refractivity contribution >= 4 is 33.2 Å². The quantitative estimate of drug-likeness (QED) is 0.739. The number of hydrogen-bond donors (Lipinski definition) is 0. The van der Waals surface area contributed by atoms with E-state index in [9.17, 15) is 4.39 Å². The molecule has 0 unspecified atom stereocenters. The van der Waals surface area contributed by atoms with E-state index < -0.39 is 5.82 Å². The molecule has 0 aromatic heterocycles. The molecule has 1 aliphatic rings.